The van der Waals surface area contributed by atoms with Crippen molar-refractivity contribution in [3.8, 4) is 11.8 Å². The minimum absolute atomic E-state index is 0.222. The zero-order chi connectivity index (χ0) is 17.2. The van der Waals surface area contributed by atoms with Crippen LogP contribution in [0.4, 0.5) is 5.69 Å². The molecule has 0 fully saturated rings. The van der Waals surface area contributed by atoms with Crippen molar-refractivity contribution in [2.45, 2.75) is 33.1 Å². The van der Waals surface area contributed by atoms with Gasteiger partial charge in [-0.25, -0.2) is 9.97 Å². The second kappa shape index (κ2) is 9.50. The summed E-state index contributed by atoms with van der Waals surface area (Å²) in [5.74, 6) is 0.548. The molecule has 0 radical (unpaired) electrons. The number of rotatable bonds is 9. The molecule has 1 aromatic carbocycles. The lowest BCUT2D eigenvalue weighted by Gasteiger charge is -2.08. The van der Waals surface area contributed by atoms with Crippen LogP contribution in [0.2, 0.25) is 0 Å². The molecule has 2 aromatic rings. The van der Waals surface area contributed by atoms with Crippen LogP contribution >= 0.6 is 0 Å². The fourth-order valence-electron chi connectivity index (χ4n) is 2.03. The number of ether oxygens (including phenoxy) is 2. The molecule has 0 saturated carbocycles. The van der Waals surface area contributed by atoms with E-state index in [4.69, 9.17) is 9.47 Å². The van der Waals surface area contributed by atoms with Crippen molar-refractivity contribution in [2.24, 2.45) is 0 Å². The van der Waals surface area contributed by atoms with Gasteiger partial charge >= 0.3 is 6.01 Å². The summed E-state index contributed by atoms with van der Waals surface area (Å²) < 4.78 is 10.8. The molecule has 1 aromatic heterocycles. The number of hydrogen-bond donors (Lipinski definition) is 1. The number of aromatic nitrogens is 2. The highest BCUT2D eigenvalue weighted by Crippen LogP contribution is 2.15. The minimum atomic E-state index is -0.222. The maximum atomic E-state index is 12.2. The molecule has 0 saturated heterocycles. The van der Waals surface area contributed by atoms with Crippen molar-refractivity contribution in [1.82, 2.24) is 9.97 Å². The summed E-state index contributed by atoms with van der Waals surface area (Å²) in [5, 5.41) is 2.75. The van der Waals surface area contributed by atoms with E-state index in [1.165, 1.54) is 12.4 Å². The quantitative estimate of drug-likeness (QED) is 0.710. The third-order valence-corrected chi connectivity index (χ3v) is 3.29. The molecular weight excluding hydrogens is 306 g/mol. The first-order valence-corrected chi connectivity index (χ1v) is 8.22. The van der Waals surface area contributed by atoms with Crippen molar-refractivity contribution < 1.29 is 14.3 Å². The highest BCUT2D eigenvalue weighted by molar-refractivity contribution is 6.04. The van der Waals surface area contributed by atoms with E-state index in [0.29, 0.717) is 30.5 Å². The third kappa shape index (κ3) is 5.53. The lowest BCUT2D eigenvalue weighted by Crippen LogP contribution is -2.12. The third-order valence-electron chi connectivity index (χ3n) is 3.29. The number of amides is 1. The zero-order valence-electron chi connectivity index (χ0n) is 14.1. The Hall–Kier alpha value is -2.63. The minimum Gasteiger partial charge on any atom is -0.494 e. The highest BCUT2D eigenvalue weighted by atomic mass is 16.5. The Bertz CT molecular complexity index is 627. The van der Waals surface area contributed by atoms with Crippen molar-refractivity contribution in [2.75, 3.05) is 18.5 Å². The van der Waals surface area contributed by atoms with Crippen LogP contribution in [0.25, 0.3) is 0 Å². The Balaban J connectivity index is 1.87. The Morgan fingerprint density at radius 1 is 1.04 bits per heavy atom. The molecule has 0 aliphatic carbocycles. The van der Waals surface area contributed by atoms with E-state index >= 15 is 0 Å². The Morgan fingerprint density at radius 2 is 1.75 bits per heavy atom. The van der Waals surface area contributed by atoms with Gasteiger partial charge in [0.15, 0.2) is 0 Å². The summed E-state index contributed by atoms with van der Waals surface area (Å²) in [4.78, 5) is 20.2. The number of nitrogens with one attached hydrogen (secondary N) is 1. The molecule has 0 aliphatic heterocycles. The van der Waals surface area contributed by atoms with E-state index < -0.39 is 0 Å². The first kappa shape index (κ1) is 17.7. The molecule has 0 bridgehead atoms. The predicted molar refractivity (Wildman–Crippen MR) is 92.6 cm³/mol. The summed E-state index contributed by atoms with van der Waals surface area (Å²) in [6.07, 6.45) is 6.39. The topological polar surface area (TPSA) is 73.3 Å². The number of carbonyl (C=O) groups is 1. The van der Waals surface area contributed by atoms with Gasteiger partial charge in [0.25, 0.3) is 5.91 Å². The van der Waals surface area contributed by atoms with Gasteiger partial charge in [0.2, 0.25) is 0 Å². The van der Waals surface area contributed by atoms with Crippen LogP contribution in [0.5, 0.6) is 11.8 Å². The molecule has 2 rings (SSSR count). The SMILES string of the molecule is CCCCCOc1ccc(C(=O)Nc2cnc(OCC)nc2)cc1. The molecule has 1 amide bonds. The lowest BCUT2D eigenvalue weighted by atomic mass is 10.2. The fraction of sp³-hybridized carbons (Fsp3) is 0.389. The van der Waals surface area contributed by atoms with Gasteiger partial charge in [-0.2, -0.15) is 0 Å². The number of hydrogen-bond acceptors (Lipinski definition) is 5. The summed E-state index contributed by atoms with van der Waals surface area (Å²) in [6, 6.07) is 7.37. The van der Waals surface area contributed by atoms with Gasteiger partial charge in [0.05, 0.1) is 31.3 Å². The van der Waals surface area contributed by atoms with Crippen LogP contribution in [0.15, 0.2) is 36.7 Å². The van der Waals surface area contributed by atoms with Gasteiger partial charge in [-0.3, -0.25) is 4.79 Å². The van der Waals surface area contributed by atoms with Crippen molar-refractivity contribution in [3.05, 3.63) is 42.2 Å². The first-order valence-electron chi connectivity index (χ1n) is 8.22. The lowest BCUT2D eigenvalue weighted by molar-refractivity contribution is 0.102. The maximum absolute atomic E-state index is 12.2. The standard InChI is InChI=1S/C18H23N3O3/c1-3-5-6-11-24-16-9-7-14(8-10-16)17(22)21-15-12-19-18(20-13-15)23-4-2/h7-10,12-13H,3-6,11H2,1-2H3,(H,21,22). The molecule has 1 heterocycles. The van der Waals surface area contributed by atoms with Crippen LogP contribution in [0.3, 0.4) is 0 Å². The first-order chi connectivity index (χ1) is 11.7. The van der Waals surface area contributed by atoms with Crippen molar-refractivity contribution in [1.29, 1.82) is 0 Å². The zero-order valence-corrected chi connectivity index (χ0v) is 14.1. The molecule has 0 aliphatic rings. The van der Waals surface area contributed by atoms with E-state index in [0.717, 1.165) is 25.0 Å². The van der Waals surface area contributed by atoms with E-state index in [1.54, 1.807) is 24.3 Å². The predicted octanol–water partition coefficient (Wildman–Crippen LogP) is 3.70. The molecule has 24 heavy (non-hydrogen) atoms. The molecular formula is C18H23N3O3. The highest BCUT2D eigenvalue weighted by Gasteiger charge is 2.07. The molecule has 0 unspecified atom stereocenters. The monoisotopic (exact) mass is 329 g/mol. The second-order valence-electron chi connectivity index (χ2n) is 5.22. The van der Waals surface area contributed by atoms with Gasteiger partial charge in [-0.05, 0) is 37.6 Å². The van der Waals surface area contributed by atoms with Gasteiger partial charge < -0.3 is 14.8 Å². The molecule has 0 spiro atoms. The number of anilines is 1. The normalized spacial score (nSPS) is 10.2. The largest absolute Gasteiger partial charge is 0.494 e. The molecule has 0 atom stereocenters. The van der Waals surface area contributed by atoms with Crippen LogP contribution in [-0.4, -0.2) is 29.1 Å². The van der Waals surface area contributed by atoms with Gasteiger partial charge in [-0.1, -0.05) is 19.8 Å². The summed E-state index contributed by atoms with van der Waals surface area (Å²) >= 11 is 0. The summed E-state index contributed by atoms with van der Waals surface area (Å²) in [5.41, 5.74) is 1.06. The van der Waals surface area contributed by atoms with E-state index in [-0.39, 0.29) is 5.91 Å². The molecule has 6 heteroatoms. The van der Waals surface area contributed by atoms with Gasteiger partial charge in [0, 0.05) is 5.56 Å². The molecule has 6 nitrogen and oxygen atoms in total. The fourth-order valence-corrected chi connectivity index (χ4v) is 2.03. The van der Waals surface area contributed by atoms with E-state index in [2.05, 4.69) is 22.2 Å². The second-order valence-corrected chi connectivity index (χ2v) is 5.22. The van der Waals surface area contributed by atoms with Crippen LogP contribution in [-0.2, 0) is 0 Å². The van der Waals surface area contributed by atoms with Gasteiger partial charge in [-0.15, -0.1) is 0 Å². The van der Waals surface area contributed by atoms with Crippen molar-refractivity contribution >= 4 is 11.6 Å². The Morgan fingerprint density at radius 3 is 2.38 bits per heavy atom. The summed E-state index contributed by atoms with van der Waals surface area (Å²) in [6.45, 7) is 5.21. The van der Waals surface area contributed by atoms with E-state index in [9.17, 15) is 4.79 Å². The summed E-state index contributed by atoms with van der Waals surface area (Å²) in [7, 11) is 0. The average Bonchev–Trinajstić information content (AvgIpc) is 2.61. The Kier molecular flexibility index (Phi) is 7.01. The van der Waals surface area contributed by atoms with Gasteiger partial charge in [0.1, 0.15) is 5.75 Å². The molecule has 128 valence electrons. The Labute approximate surface area is 142 Å². The number of benzene rings is 1. The number of carbonyl (C=O) groups excluding carboxylic acids is 1. The maximum Gasteiger partial charge on any atom is 0.316 e. The van der Waals surface area contributed by atoms with Crippen LogP contribution < -0.4 is 14.8 Å². The molecule has 1 N–H and O–H groups in total. The van der Waals surface area contributed by atoms with E-state index in [1.807, 2.05) is 6.92 Å². The van der Waals surface area contributed by atoms with Crippen LogP contribution in [0.1, 0.15) is 43.5 Å². The average molecular weight is 329 g/mol. The smallest absolute Gasteiger partial charge is 0.316 e. The number of nitrogens with zero attached hydrogens (tertiary/aromatic N) is 2. The van der Waals surface area contributed by atoms with Crippen molar-refractivity contribution in [3.63, 3.8) is 0 Å². The number of unbranched alkanes of at least 4 members (excludes halogenated alkanes) is 2. The van der Waals surface area contributed by atoms with Crippen LogP contribution in [0, 0.1) is 0 Å².